The number of hydrogen-bond acceptors (Lipinski definition) is 5. The van der Waals surface area contributed by atoms with Crippen LogP contribution in [-0.4, -0.2) is 35.5 Å². The van der Waals surface area contributed by atoms with Gasteiger partial charge < -0.3 is 19.5 Å². The highest BCUT2D eigenvalue weighted by molar-refractivity contribution is 5.95. The summed E-state index contributed by atoms with van der Waals surface area (Å²) < 4.78 is 23.7. The highest BCUT2D eigenvalue weighted by Gasteiger charge is 2.23. The quantitative estimate of drug-likeness (QED) is 0.388. The molecule has 1 aromatic heterocycles. The van der Waals surface area contributed by atoms with Gasteiger partial charge in [0, 0.05) is 24.7 Å². The Morgan fingerprint density at radius 1 is 0.971 bits per heavy atom. The minimum Gasteiger partial charge on any atom is -0.497 e. The van der Waals surface area contributed by atoms with Crippen LogP contribution < -0.4 is 10.1 Å². The van der Waals surface area contributed by atoms with Crippen LogP contribution >= 0.6 is 0 Å². The molecule has 4 aromatic rings. The van der Waals surface area contributed by atoms with E-state index in [4.69, 9.17) is 9.26 Å². The summed E-state index contributed by atoms with van der Waals surface area (Å²) >= 11 is 0. The average Bonchev–Trinajstić information content (AvgIpc) is 3.38. The lowest BCUT2D eigenvalue weighted by atomic mass is 10.1. The van der Waals surface area contributed by atoms with Crippen LogP contribution in [0.15, 0.2) is 89.5 Å². The zero-order valence-electron chi connectivity index (χ0n) is 19.1. The second kappa shape index (κ2) is 11.1. The molecule has 2 amide bonds. The molecule has 0 spiro atoms. The van der Waals surface area contributed by atoms with Gasteiger partial charge in [-0.1, -0.05) is 47.6 Å². The van der Waals surface area contributed by atoms with Crippen LogP contribution in [0.25, 0.3) is 11.3 Å². The Kier molecular flexibility index (Phi) is 7.52. The molecule has 0 unspecified atom stereocenters. The number of ether oxygens (including phenoxy) is 1. The molecule has 0 saturated carbocycles. The highest BCUT2D eigenvalue weighted by Crippen LogP contribution is 2.24. The van der Waals surface area contributed by atoms with Gasteiger partial charge >= 0.3 is 0 Å². The number of halogens is 1. The van der Waals surface area contributed by atoms with E-state index < -0.39 is 5.91 Å². The van der Waals surface area contributed by atoms with Gasteiger partial charge in [0.05, 0.1) is 7.11 Å². The van der Waals surface area contributed by atoms with Crippen LogP contribution in [-0.2, 0) is 17.9 Å². The highest BCUT2D eigenvalue weighted by atomic mass is 19.1. The third-order valence-electron chi connectivity index (χ3n) is 5.34. The normalized spacial score (nSPS) is 10.6. The van der Waals surface area contributed by atoms with Gasteiger partial charge in [-0.2, -0.15) is 0 Å². The van der Waals surface area contributed by atoms with Gasteiger partial charge in [-0.05, 0) is 47.5 Å². The van der Waals surface area contributed by atoms with Gasteiger partial charge in [0.15, 0.2) is 11.5 Å². The van der Waals surface area contributed by atoms with Gasteiger partial charge in [-0.25, -0.2) is 4.39 Å². The number of hydrogen-bond donors (Lipinski definition) is 1. The third-order valence-corrected chi connectivity index (χ3v) is 5.34. The number of benzene rings is 3. The van der Waals surface area contributed by atoms with Gasteiger partial charge in [0.2, 0.25) is 5.91 Å². The standard InChI is InChI=1S/C27H24FN3O4/c1-34-23-13-9-21(10-14-23)25-15-24(30-35-25)27(33)31(17-20-5-3-2-4-6-20)18-26(32)29-16-19-7-11-22(28)12-8-19/h2-15H,16-18H2,1H3,(H,29,32). The van der Waals surface area contributed by atoms with Crippen LogP contribution in [0.2, 0.25) is 0 Å². The van der Waals surface area contributed by atoms with Crippen molar-refractivity contribution in [1.29, 1.82) is 0 Å². The number of aromatic nitrogens is 1. The molecule has 178 valence electrons. The van der Waals surface area contributed by atoms with E-state index in [0.717, 1.165) is 16.7 Å². The fraction of sp³-hybridized carbons (Fsp3) is 0.148. The molecule has 8 heteroatoms. The van der Waals surface area contributed by atoms with E-state index in [9.17, 15) is 14.0 Å². The number of amides is 2. The molecule has 0 fully saturated rings. The van der Waals surface area contributed by atoms with E-state index in [0.29, 0.717) is 11.5 Å². The molecule has 35 heavy (non-hydrogen) atoms. The van der Waals surface area contributed by atoms with E-state index in [2.05, 4.69) is 10.5 Å². The van der Waals surface area contributed by atoms with Gasteiger partial charge in [0.1, 0.15) is 18.1 Å². The number of carbonyl (C=O) groups is 2. The largest absolute Gasteiger partial charge is 0.497 e. The van der Waals surface area contributed by atoms with Crippen molar-refractivity contribution in [3.63, 3.8) is 0 Å². The van der Waals surface area contributed by atoms with Crippen LogP contribution in [0.1, 0.15) is 21.6 Å². The summed E-state index contributed by atoms with van der Waals surface area (Å²) in [5.41, 5.74) is 2.45. The fourth-order valence-corrected chi connectivity index (χ4v) is 3.46. The first-order valence-corrected chi connectivity index (χ1v) is 11.0. The van der Waals surface area contributed by atoms with Gasteiger partial charge in [0.25, 0.3) is 5.91 Å². The number of nitrogens with one attached hydrogen (secondary N) is 1. The molecule has 3 aromatic carbocycles. The number of methoxy groups -OCH3 is 1. The van der Waals surface area contributed by atoms with Crippen molar-refractivity contribution in [2.45, 2.75) is 13.1 Å². The zero-order chi connectivity index (χ0) is 24.6. The predicted octanol–water partition coefficient (Wildman–Crippen LogP) is 4.45. The van der Waals surface area contributed by atoms with Crippen molar-refractivity contribution in [2.24, 2.45) is 0 Å². The minimum absolute atomic E-state index is 0.0954. The summed E-state index contributed by atoms with van der Waals surface area (Å²) in [5, 5.41) is 6.71. The molecule has 0 aliphatic carbocycles. The van der Waals surface area contributed by atoms with E-state index in [1.807, 2.05) is 30.3 Å². The Labute approximate surface area is 202 Å². The molecule has 1 heterocycles. The molecule has 1 N–H and O–H groups in total. The topological polar surface area (TPSA) is 84.7 Å². The first-order valence-electron chi connectivity index (χ1n) is 11.0. The maximum atomic E-state index is 13.3. The van der Waals surface area contributed by atoms with Crippen LogP contribution in [0, 0.1) is 5.82 Å². The molecule has 0 radical (unpaired) electrons. The second-order valence-corrected chi connectivity index (χ2v) is 7.85. The molecule has 0 aliphatic rings. The summed E-state index contributed by atoms with van der Waals surface area (Å²) in [4.78, 5) is 27.4. The fourth-order valence-electron chi connectivity index (χ4n) is 3.46. The summed E-state index contributed by atoms with van der Waals surface area (Å²) in [6, 6.07) is 23.9. The van der Waals surface area contributed by atoms with Crippen LogP contribution in [0.4, 0.5) is 4.39 Å². The Morgan fingerprint density at radius 2 is 1.69 bits per heavy atom. The number of rotatable bonds is 9. The van der Waals surface area contributed by atoms with E-state index in [1.54, 1.807) is 49.6 Å². The molecular formula is C27H24FN3O4. The maximum Gasteiger partial charge on any atom is 0.276 e. The Bertz CT molecular complexity index is 1270. The van der Waals surface area contributed by atoms with Crippen LogP contribution in [0.3, 0.4) is 0 Å². The summed E-state index contributed by atoms with van der Waals surface area (Å²) in [7, 11) is 1.58. The Hall–Kier alpha value is -4.46. The SMILES string of the molecule is COc1ccc(-c2cc(C(=O)N(CC(=O)NCc3ccc(F)cc3)Cc3ccccc3)no2)cc1. The Balaban J connectivity index is 1.48. The summed E-state index contributed by atoms with van der Waals surface area (Å²) in [6.07, 6.45) is 0. The summed E-state index contributed by atoms with van der Waals surface area (Å²) in [6.45, 7) is 0.256. The first kappa shape index (κ1) is 23.7. The van der Waals surface area contributed by atoms with Crippen molar-refractivity contribution < 1.29 is 23.2 Å². The van der Waals surface area contributed by atoms with Crippen molar-refractivity contribution in [3.05, 3.63) is 108 Å². The lowest BCUT2D eigenvalue weighted by Crippen LogP contribution is -2.40. The minimum atomic E-state index is -0.436. The molecule has 0 atom stereocenters. The zero-order valence-corrected chi connectivity index (χ0v) is 19.1. The molecule has 0 aliphatic heterocycles. The number of carbonyl (C=O) groups excluding carboxylic acids is 2. The van der Waals surface area contributed by atoms with Crippen molar-refractivity contribution in [1.82, 2.24) is 15.4 Å². The summed E-state index contributed by atoms with van der Waals surface area (Å²) in [5.74, 6) is -0.00483. The van der Waals surface area contributed by atoms with E-state index in [-0.39, 0.29) is 37.1 Å². The van der Waals surface area contributed by atoms with Gasteiger partial charge in [-0.15, -0.1) is 0 Å². The van der Waals surface area contributed by atoms with E-state index >= 15 is 0 Å². The molecule has 0 saturated heterocycles. The first-order chi connectivity index (χ1) is 17.0. The van der Waals surface area contributed by atoms with Crippen molar-refractivity contribution >= 4 is 11.8 Å². The second-order valence-electron chi connectivity index (χ2n) is 7.85. The maximum absolute atomic E-state index is 13.3. The van der Waals surface area contributed by atoms with Gasteiger partial charge in [-0.3, -0.25) is 9.59 Å². The molecule has 0 bridgehead atoms. The van der Waals surface area contributed by atoms with Crippen molar-refractivity contribution in [3.8, 4) is 17.1 Å². The Morgan fingerprint density at radius 3 is 2.37 bits per heavy atom. The van der Waals surface area contributed by atoms with E-state index in [1.165, 1.54) is 17.0 Å². The predicted molar refractivity (Wildman–Crippen MR) is 128 cm³/mol. The molecule has 7 nitrogen and oxygen atoms in total. The third kappa shape index (κ3) is 6.32. The smallest absolute Gasteiger partial charge is 0.276 e. The lowest BCUT2D eigenvalue weighted by Gasteiger charge is -2.21. The average molecular weight is 474 g/mol. The van der Waals surface area contributed by atoms with Crippen molar-refractivity contribution in [2.75, 3.05) is 13.7 Å². The number of nitrogens with zero attached hydrogens (tertiary/aromatic N) is 2. The molecule has 4 rings (SSSR count). The molecular weight excluding hydrogens is 449 g/mol. The monoisotopic (exact) mass is 473 g/mol. The van der Waals surface area contributed by atoms with Crippen LogP contribution in [0.5, 0.6) is 5.75 Å². The lowest BCUT2D eigenvalue weighted by molar-refractivity contribution is -0.122.